The Morgan fingerprint density at radius 1 is 1.57 bits per heavy atom. The summed E-state index contributed by atoms with van der Waals surface area (Å²) >= 11 is 0. The van der Waals surface area contributed by atoms with Crippen LogP contribution in [0.25, 0.3) is 0 Å². The van der Waals surface area contributed by atoms with Gasteiger partial charge in [-0.2, -0.15) is 8.78 Å². The van der Waals surface area contributed by atoms with Crippen molar-refractivity contribution < 1.29 is 23.0 Å². The zero-order chi connectivity index (χ0) is 16.8. The number of alkyl halides is 2. The van der Waals surface area contributed by atoms with E-state index in [9.17, 15) is 13.6 Å². The van der Waals surface area contributed by atoms with E-state index in [0.29, 0.717) is 18.7 Å². The fourth-order valence-corrected chi connectivity index (χ4v) is 2.26. The van der Waals surface area contributed by atoms with Gasteiger partial charge in [-0.05, 0) is 18.6 Å². The van der Waals surface area contributed by atoms with Gasteiger partial charge in [0.05, 0.1) is 12.8 Å². The summed E-state index contributed by atoms with van der Waals surface area (Å²) in [7, 11) is 1.33. The van der Waals surface area contributed by atoms with Gasteiger partial charge in [0.15, 0.2) is 0 Å². The molecule has 126 valence electrons. The van der Waals surface area contributed by atoms with E-state index >= 15 is 0 Å². The lowest BCUT2D eigenvalue weighted by molar-refractivity contribution is -0.141. The second-order valence-electron chi connectivity index (χ2n) is 4.93. The molecular weight excluding hydrogens is 308 g/mol. The van der Waals surface area contributed by atoms with Crippen LogP contribution in [-0.4, -0.2) is 37.1 Å². The second-order valence-corrected chi connectivity index (χ2v) is 4.93. The van der Waals surface area contributed by atoms with Gasteiger partial charge in [0.2, 0.25) is 0 Å². The number of aliphatic imine (C=N–C) groups is 1. The predicted molar refractivity (Wildman–Crippen MR) is 80.1 cm³/mol. The molecule has 0 aromatic rings. The molecule has 1 aliphatic heterocycles. The second kappa shape index (κ2) is 7.75. The summed E-state index contributed by atoms with van der Waals surface area (Å²) in [6, 6.07) is 0. The highest BCUT2D eigenvalue weighted by atomic mass is 19.3. The Hall–Kier alpha value is -2.38. The number of nitrogens with one attached hydrogen (secondary N) is 1. The van der Waals surface area contributed by atoms with Gasteiger partial charge in [-0.3, -0.25) is 9.80 Å². The van der Waals surface area contributed by atoms with Gasteiger partial charge < -0.3 is 14.9 Å². The maximum absolute atomic E-state index is 12.2. The average molecular weight is 327 g/mol. The van der Waals surface area contributed by atoms with E-state index in [-0.39, 0.29) is 24.2 Å². The number of nitrogens with zero attached hydrogens (tertiary/aromatic N) is 2. The molecule has 0 saturated heterocycles. The number of carbonyl (C=O) groups excluding carboxylic acids is 1. The molecule has 0 radical (unpaired) electrons. The van der Waals surface area contributed by atoms with Crippen LogP contribution in [0.2, 0.25) is 0 Å². The van der Waals surface area contributed by atoms with Crippen LogP contribution >= 0.6 is 0 Å². The van der Waals surface area contributed by atoms with Crippen LogP contribution in [0.3, 0.4) is 0 Å². The Morgan fingerprint density at radius 3 is 2.91 bits per heavy atom. The van der Waals surface area contributed by atoms with Gasteiger partial charge in [-0.25, -0.2) is 4.99 Å². The minimum atomic E-state index is -2.82. The molecule has 2 aliphatic rings. The van der Waals surface area contributed by atoms with Gasteiger partial charge >= 0.3 is 12.6 Å². The summed E-state index contributed by atoms with van der Waals surface area (Å²) in [4.78, 5) is 15.9. The van der Waals surface area contributed by atoms with Crippen LogP contribution in [0.15, 0.2) is 40.9 Å². The van der Waals surface area contributed by atoms with Crippen molar-refractivity contribution >= 4 is 11.8 Å². The number of esters is 1. The van der Waals surface area contributed by atoms with Crippen molar-refractivity contribution in [2.24, 2.45) is 10.9 Å². The number of ether oxygens (including phenoxy) is 2. The minimum Gasteiger partial charge on any atom is -0.468 e. The fraction of sp³-hybridized carbons (Fsp3) is 0.467. The number of carbonyl (C=O) groups is 1. The summed E-state index contributed by atoms with van der Waals surface area (Å²) in [6.45, 7) is -0.840. The standard InChI is InChI=1S/C15H19F2N3O3/c1-3-13-19-12(8-18-20(13)9-14(21)22-2)10-4-6-11(7-5-10)23-15(16)17/h4,6-8,10,15,18H,3,5,9H2,1-2H3. The van der Waals surface area contributed by atoms with Gasteiger partial charge in [-0.1, -0.05) is 13.0 Å². The molecule has 0 saturated carbocycles. The molecule has 0 aromatic carbocycles. The lowest BCUT2D eigenvalue weighted by Crippen LogP contribution is -2.45. The van der Waals surface area contributed by atoms with Crippen molar-refractivity contribution in [3.05, 3.63) is 35.9 Å². The fourth-order valence-electron chi connectivity index (χ4n) is 2.26. The van der Waals surface area contributed by atoms with Crippen molar-refractivity contribution in [3.8, 4) is 0 Å². The summed E-state index contributed by atoms with van der Waals surface area (Å²) in [6.07, 6.45) is 7.75. The quantitative estimate of drug-likeness (QED) is 0.759. The molecule has 8 heteroatoms. The molecule has 2 rings (SSSR count). The molecule has 1 unspecified atom stereocenters. The molecular formula is C15H19F2N3O3. The Bertz CT molecular complexity index is 570. The topological polar surface area (TPSA) is 63.2 Å². The van der Waals surface area contributed by atoms with Crippen LogP contribution < -0.4 is 5.43 Å². The molecule has 1 aliphatic carbocycles. The summed E-state index contributed by atoms with van der Waals surface area (Å²) in [5, 5.41) is 1.61. The Kier molecular flexibility index (Phi) is 5.72. The Labute approximate surface area is 133 Å². The minimum absolute atomic E-state index is 0.0330. The first-order chi connectivity index (χ1) is 11.0. The maximum atomic E-state index is 12.2. The number of amidine groups is 1. The van der Waals surface area contributed by atoms with E-state index in [0.717, 1.165) is 5.70 Å². The number of methoxy groups -OCH3 is 1. The number of hydrogen-bond acceptors (Lipinski definition) is 6. The highest BCUT2D eigenvalue weighted by Gasteiger charge is 2.22. The lowest BCUT2D eigenvalue weighted by Gasteiger charge is -2.30. The monoisotopic (exact) mass is 327 g/mol. The average Bonchev–Trinajstić information content (AvgIpc) is 2.55. The molecule has 6 nitrogen and oxygen atoms in total. The van der Waals surface area contributed by atoms with Crippen LogP contribution in [0.1, 0.15) is 19.8 Å². The SMILES string of the molecule is CCC1=NC(C2C=CC(OC(F)F)=CC2)=CNN1CC(=O)OC. The molecule has 0 spiro atoms. The predicted octanol–water partition coefficient (Wildman–Crippen LogP) is 2.33. The van der Waals surface area contributed by atoms with Crippen molar-refractivity contribution in [2.45, 2.75) is 26.4 Å². The van der Waals surface area contributed by atoms with Gasteiger partial charge in [0.1, 0.15) is 18.1 Å². The molecule has 0 bridgehead atoms. The van der Waals surface area contributed by atoms with Crippen molar-refractivity contribution in [1.82, 2.24) is 10.4 Å². The largest absolute Gasteiger partial charge is 0.468 e. The maximum Gasteiger partial charge on any atom is 0.387 e. The smallest absolute Gasteiger partial charge is 0.387 e. The van der Waals surface area contributed by atoms with Crippen molar-refractivity contribution in [1.29, 1.82) is 0 Å². The van der Waals surface area contributed by atoms with Gasteiger partial charge in [0, 0.05) is 18.5 Å². The van der Waals surface area contributed by atoms with E-state index in [1.807, 2.05) is 6.92 Å². The van der Waals surface area contributed by atoms with Crippen LogP contribution in [0, 0.1) is 5.92 Å². The number of rotatable bonds is 6. The first kappa shape index (κ1) is 17.0. The van der Waals surface area contributed by atoms with Crippen LogP contribution in [0.5, 0.6) is 0 Å². The normalized spacial score (nSPS) is 20.5. The summed E-state index contributed by atoms with van der Waals surface area (Å²) in [5.74, 6) is 0.465. The van der Waals surface area contributed by atoms with Gasteiger partial charge in [-0.15, -0.1) is 0 Å². The number of allylic oxidation sites excluding steroid dienone is 3. The van der Waals surface area contributed by atoms with Crippen molar-refractivity contribution in [2.75, 3.05) is 13.7 Å². The third-order valence-corrected chi connectivity index (χ3v) is 3.44. The van der Waals surface area contributed by atoms with E-state index in [1.165, 1.54) is 13.2 Å². The first-order valence-corrected chi connectivity index (χ1v) is 7.24. The highest BCUT2D eigenvalue weighted by Crippen LogP contribution is 2.27. The molecule has 1 heterocycles. The van der Waals surface area contributed by atoms with E-state index in [2.05, 4.69) is 19.9 Å². The van der Waals surface area contributed by atoms with Crippen molar-refractivity contribution in [3.63, 3.8) is 0 Å². The zero-order valence-electron chi connectivity index (χ0n) is 13.0. The highest BCUT2D eigenvalue weighted by molar-refractivity contribution is 5.87. The Balaban J connectivity index is 2.00. The Morgan fingerprint density at radius 2 is 2.35 bits per heavy atom. The third kappa shape index (κ3) is 4.54. The van der Waals surface area contributed by atoms with E-state index < -0.39 is 6.61 Å². The number of halogens is 2. The molecule has 1 N–H and O–H groups in total. The zero-order valence-corrected chi connectivity index (χ0v) is 13.0. The lowest BCUT2D eigenvalue weighted by atomic mass is 9.97. The summed E-state index contributed by atoms with van der Waals surface area (Å²) < 4.78 is 33.3. The summed E-state index contributed by atoms with van der Waals surface area (Å²) in [5.41, 5.74) is 3.78. The van der Waals surface area contributed by atoms with E-state index in [4.69, 9.17) is 0 Å². The molecule has 0 aromatic heterocycles. The van der Waals surface area contributed by atoms with E-state index in [1.54, 1.807) is 23.4 Å². The first-order valence-electron chi connectivity index (χ1n) is 7.24. The third-order valence-electron chi connectivity index (χ3n) is 3.44. The molecule has 23 heavy (non-hydrogen) atoms. The molecule has 0 amide bonds. The van der Waals surface area contributed by atoms with Crippen LogP contribution in [-0.2, 0) is 14.3 Å². The number of hydrogen-bond donors (Lipinski definition) is 1. The van der Waals surface area contributed by atoms with Gasteiger partial charge in [0.25, 0.3) is 0 Å². The molecule has 0 fully saturated rings. The number of hydrazine groups is 1. The molecule has 1 atom stereocenters. The van der Waals surface area contributed by atoms with Crippen LogP contribution in [0.4, 0.5) is 8.78 Å².